The summed E-state index contributed by atoms with van der Waals surface area (Å²) in [6.07, 6.45) is 2.04. The van der Waals surface area contributed by atoms with Crippen molar-refractivity contribution in [3.05, 3.63) is 47.8 Å². The Labute approximate surface area is 430 Å². The lowest BCUT2D eigenvalue weighted by Crippen LogP contribution is -2.63. The molecule has 4 aliphatic heterocycles. The molecule has 3 fully saturated rings. The third kappa shape index (κ3) is 12.0. The molecule has 7 rings (SSSR count). The number of anilines is 1. The summed E-state index contributed by atoms with van der Waals surface area (Å²) in [5.74, 6) is 2.27. The van der Waals surface area contributed by atoms with Gasteiger partial charge in [-0.3, -0.25) is 38.9 Å². The Morgan fingerprint density at radius 2 is 1.79 bits per heavy atom. The summed E-state index contributed by atoms with van der Waals surface area (Å²) >= 11 is 0. The molecule has 6 heterocycles. The molecule has 2 N–H and O–H groups in total. The van der Waals surface area contributed by atoms with Crippen LogP contribution in [0.1, 0.15) is 105 Å². The summed E-state index contributed by atoms with van der Waals surface area (Å²) in [5.41, 5.74) is 5.66. The molecule has 0 spiro atoms. The molecule has 17 nitrogen and oxygen atoms in total. The average Bonchev–Trinajstić information content (AvgIpc) is 3.67. The zero-order valence-electron chi connectivity index (χ0n) is 45.1. The number of morpholine rings is 1. The van der Waals surface area contributed by atoms with Gasteiger partial charge in [-0.05, 0) is 109 Å². The van der Waals surface area contributed by atoms with E-state index in [0.717, 1.165) is 44.0 Å². The minimum absolute atomic E-state index is 0.0172. The van der Waals surface area contributed by atoms with Crippen LogP contribution in [-0.2, 0) is 51.1 Å². The number of alkyl halides is 1. The van der Waals surface area contributed by atoms with E-state index in [-0.39, 0.29) is 51.6 Å². The first-order chi connectivity index (χ1) is 34.5. The second-order valence-corrected chi connectivity index (χ2v) is 22.2. The number of likely N-dealkylation sites (tertiary alicyclic amines) is 1. The first-order valence-corrected chi connectivity index (χ1v) is 26.0. The Bertz CT molecular complexity index is 2590. The number of hydrogen-bond donors (Lipinski definition) is 2. The Balaban J connectivity index is 1.18. The number of ether oxygens (including phenoxy) is 3. The fourth-order valence-electron chi connectivity index (χ4n) is 10.6. The highest BCUT2D eigenvalue weighted by molar-refractivity contribution is 5.97. The maximum absolute atomic E-state index is 16.8. The van der Waals surface area contributed by atoms with E-state index in [9.17, 15) is 24.0 Å². The molecule has 1 unspecified atom stereocenters. The summed E-state index contributed by atoms with van der Waals surface area (Å²) in [7, 11) is 6.82. The molecule has 5 atom stereocenters. The van der Waals surface area contributed by atoms with Crippen LogP contribution < -0.4 is 15.6 Å². The first-order valence-electron chi connectivity index (χ1n) is 26.0. The van der Waals surface area contributed by atoms with E-state index in [4.69, 9.17) is 19.2 Å². The third-order valence-corrected chi connectivity index (χ3v) is 15.4. The van der Waals surface area contributed by atoms with Gasteiger partial charge in [-0.1, -0.05) is 33.6 Å². The molecule has 398 valence electrons. The Morgan fingerprint density at radius 3 is 2.47 bits per heavy atom. The monoisotopic (exact) mass is 1010 g/mol. The summed E-state index contributed by atoms with van der Waals surface area (Å²) in [4.78, 5) is 82.2. The lowest BCUT2D eigenvalue weighted by molar-refractivity contribution is -0.156. The smallest absolute Gasteiger partial charge is 0.324 e. The number of rotatable bonds is 10. The SMILES string of the molecule is CCn1c(-c2cccnc2[C@H](C)OC)c2c3cc(ccc31)N1CCO[C@@H](CC(NC(=O)[C@H](C(C)C)N(C)C(=O)C3(F)CCN(C(=O)C#CC(C)(C)N(C)C)CC3)C(=O)N3CCC[C@H](N3)C(=O)OCC(C)(C)C2)C1. The highest BCUT2D eigenvalue weighted by Gasteiger charge is 2.48. The van der Waals surface area contributed by atoms with Gasteiger partial charge in [0.05, 0.1) is 42.3 Å². The number of nitrogens with one attached hydrogen (secondary N) is 2. The molecular weight excluding hydrogens is 934 g/mol. The van der Waals surface area contributed by atoms with Crippen LogP contribution in [0.25, 0.3) is 22.2 Å². The Hall–Kier alpha value is -5.61. The van der Waals surface area contributed by atoms with Gasteiger partial charge in [-0.2, -0.15) is 0 Å². The molecule has 2 aromatic heterocycles. The fourth-order valence-corrected chi connectivity index (χ4v) is 10.6. The molecule has 0 aliphatic carbocycles. The van der Waals surface area contributed by atoms with Crippen molar-refractivity contribution in [2.45, 2.75) is 142 Å². The number of methoxy groups -OCH3 is 1. The van der Waals surface area contributed by atoms with E-state index in [1.165, 1.54) is 17.0 Å². The lowest BCUT2D eigenvalue weighted by atomic mass is 9.84. The molecule has 3 saturated heterocycles. The maximum atomic E-state index is 16.8. The minimum atomic E-state index is -2.34. The van der Waals surface area contributed by atoms with E-state index in [0.29, 0.717) is 45.5 Å². The molecular formula is C55H78FN9O8. The van der Waals surface area contributed by atoms with Crippen LogP contribution in [0.5, 0.6) is 0 Å². The van der Waals surface area contributed by atoms with E-state index < -0.39 is 76.4 Å². The highest BCUT2D eigenvalue weighted by Crippen LogP contribution is 2.42. The van der Waals surface area contributed by atoms with Gasteiger partial charge in [-0.25, -0.2) is 9.82 Å². The van der Waals surface area contributed by atoms with Crippen molar-refractivity contribution in [2.75, 3.05) is 79.1 Å². The third-order valence-electron chi connectivity index (χ3n) is 15.4. The number of esters is 1. The minimum Gasteiger partial charge on any atom is -0.464 e. The second kappa shape index (κ2) is 22.5. The number of likely N-dealkylation sites (N-methyl/N-ethyl adjacent to an activating group) is 1. The van der Waals surface area contributed by atoms with Crippen molar-refractivity contribution in [3.63, 3.8) is 0 Å². The van der Waals surface area contributed by atoms with Gasteiger partial charge in [-0.15, -0.1) is 0 Å². The largest absolute Gasteiger partial charge is 0.464 e. The molecule has 18 heteroatoms. The van der Waals surface area contributed by atoms with Gasteiger partial charge in [0.2, 0.25) is 5.91 Å². The van der Waals surface area contributed by atoms with Crippen LogP contribution in [0.15, 0.2) is 36.5 Å². The molecule has 0 saturated carbocycles. The number of halogens is 1. The second-order valence-electron chi connectivity index (χ2n) is 22.2. The average molecular weight is 1010 g/mol. The van der Waals surface area contributed by atoms with Crippen LogP contribution in [-0.4, -0.2) is 168 Å². The summed E-state index contributed by atoms with van der Waals surface area (Å²) < 4.78 is 37.5. The molecule has 1 aromatic carbocycles. The number of fused-ring (bicyclic) bond motifs is 6. The van der Waals surface area contributed by atoms with E-state index in [1.807, 2.05) is 45.8 Å². The van der Waals surface area contributed by atoms with E-state index >= 15 is 4.39 Å². The zero-order chi connectivity index (χ0) is 53.2. The molecule has 3 aromatic rings. The number of aryl methyl sites for hydroxylation is 1. The van der Waals surface area contributed by atoms with Crippen molar-refractivity contribution in [2.24, 2.45) is 11.3 Å². The van der Waals surface area contributed by atoms with Gasteiger partial charge in [0.1, 0.15) is 18.1 Å². The van der Waals surface area contributed by atoms with Crippen molar-refractivity contribution < 1.29 is 42.6 Å². The number of carbonyl (C=O) groups is 5. The predicted octanol–water partition coefficient (Wildman–Crippen LogP) is 5.29. The summed E-state index contributed by atoms with van der Waals surface area (Å²) in [5, 5.41) is 5.43. The van der Waals surface area contributed by atoms with Crippen molar-refractivity contribution in [1.82, 2.24) is 40.0 Å². The predicted molar refractivity (Wildman–Crippen MR) is 278 cm³/mol. The number of cyclic esters (lactones) is 1. The quantitative estimate of drug-likeness (QED) is 0.199. The molecule has 73 heavy (non-hydrogen) atoms. The number of nitrogens with zero attached hydrogens (tertiary/aromatic N) is 7. The number of hydrogen-bond acceptors (Lipinski definition) is 12. The topological polar surface area (TPSA) is 171 Å². The number of carbonyl (C=O) groups excluding carboxylic acids is 5. The van der Waals surface area contributed by atoms with Crippen molar-refractivity contribution in [1.29, 1.82) is 0 Å². The Kier molecular flexibility index (Phi) is 17.0. The van der Waals surface area contributed by atoms with Gasteiger partial charge in [0, 0.05) is 106 Å². The van der Waals surface area contributed by atoms with Gasteiger partial charge >= 0.3 is 5.97 Å². The molecule has 0 radical (unpaired) electrons. The fraction of sp³-hybridized carbons (Fsp3) is 0.636. The van der Waals surface area contributed by atoms with Crippen LogP contribution in [0.3, 0.4) is 0 Å². The lowest BCUT2D eigenvalue weighted by Gasteiger charge is -2.41. The van der Waals surface area contributed by atoms with Gasteiger partial charge < -0.3 is 38.8 Å². The normalized spacial score (nSPS) is 22.5. The van der Waals surface area contributed by atoms with Crippen LogP contribution in [0.4, 0.5) is 10.1 Å². The number of pyridine rings is 1. The summed E-state index contributed by atoms with van der Waals surface area (Å²) in [6.45, 7) is 18.0. The van der Waals surface area contributed by atoms with Crippen LogP contribution in [0, 0.1) is 23.2 Å². The van der Waals surface area contributed by atoms with E-state index in [2.05, 4.69) is 77.1 Å². The number of hydrazine groups is 1. The van der Waals surface area contributed by atoms with Gasteiger partial charge in [0.15, 0.2) is 5.67 Å². The first kappa shape index (κ1) is 55.1. The zero-order valence-corrected chi connectivity index (χ0v) is 45.1. The Morgan fingerprint density at radius 1 is 1.07 bits per heavy atom. The molecule has 6 bridgehead atoms. The van der Waals surface area contributed by atoms with Crippen molar-refractivity contribution >= 4 is 46.2 Å². The van der Waals surface area contributed by atoms with Crippen LogP contribution >= 0.6 is 0 Å². The van der Waals surface area contributed by atoms with Crippen molar-refractivity contribution in [3.8, 4) is 23.1 Å². The number of amides is 4. The van der Waals surface area contributed by atoms with Gasteiger partial charge in [0.25, 0.3) is 17.7 Å². The highest BCUT2D eigenvalue weighted by atomic mass is 19.1. The standard InChI is InChI=1S/C55H78FN9O8/c1-13-64-44-19-18-37-30-40(44)41(48(64)39-16-14-24-57-46(39)36(4)71-12)32-53(5,6)34-73-51(69)42-17-15-25-65(59-42)50(68)43(31-38-33-63(37)28-29-72-38)58-49(67)47(35(2)3)61(11)52(70)55(56)22-26-62(27-23-55)45(66)20-21-54(7,8)60(9)10/h14,16,18-19,24,30,35-36,38,42-43,47,59H,13,15,17,22-23,25-29,31-34H2,1-12H3,(H,58,67)/t36-,38-,42-,43?,47-/m0/s1. The summed E-state index contributed by atoms with van der Waals surface area (Å²) in [6, 6.07) is 7.37. The number of benzene rings is 1. The molecule has 4 amide bonds. The molecule has 4 aliphatic rings. The number of aromatic nitrogens is 2. The van der Waals surface area contributed by atoms with Crippen LogP contribution in [0.2, 0.25) is 0 Å². The van der Waals surface area contributed by atoms with E-state index in [1.54, 1.807) is 27.2 Å². The maximum Gasteiger partial charge on any atom is 0.324 e. The number of piperidine rings is 1.